The first kappa shape index (κ1) is 25.0. The molecule has 2 atom stereocenters. The Morgan fingerprint density at radius 1 is 1.23 bits per heavy atom. The van der Waals surface area contributed by atoms with Gasteiger partial charge >= 0.3 is 5.97 Å². The van der Waals surface area contributed by atoms with E-state index in [2.05, 4.69) is 17.1 Å². The van der Waals surface area contributed by atoms with Crippen LogP contribution in [-0.2, 0) is 20.7 Å². The number of para-hydroxylation sites is 1. The second kappa shape index (κ2) is 11.1. The summed E-state index contributed by atoms with van der Waals surface area (Å²) in [7, 11) is 0. The highest BCUT2D eigenvalue weighted by Crippen LogP contribution is 2.43. The molecular weight excluding hydrogens is 482 g/mol. The highest BCUT2D eigenvalue weighted by atomic mass is 35.5. The van der Waals surface area contributed by atoms with Crippen LogP contribution in [-0.4, -0.2) is 35.8 Å². The van der Waals surface area contributed by atoms with Crippen LogP contribution in [0.3, 0.4) is 0 Å². The van der Waals surface area contributed by atoms with Crippen molar-refractivity contribution in [2.24, 2.45) is 10.9 Å². The molecule has 0 saturated heterocycles. The molecule has 2 heterocycles. The lowest BCUT2D eigenvalue weighted by Crippen LogP contribution is -2.37. The Labute approximate surface area is 214 Å². The number of allylic oxidation sites excluding steroid dienone is 1. The molecule has 6 nitrogen and oxygen atoms in total. The number of halogens is 1. The average Bonchev–Trinajstić information content (AvgIpc) is 2.87. The summed E-state index contributed by atoms with van der Waals surface area (Å²) in [4.78, 5) is 32.5. The summed E-state index contributed by atoms with van der Waals surface area (Å²) in [5.74, 6) is -1.82. The zero-order valence-corrected chi connectivity index (χ0v) is 21.2. The number of fused-ring (bicyclic) bond motifs is 1. The van der Waals surface area contributed by atoms with Crippen molar-refractivity contribution in [3.05, 3.63) is 76.0 Å². The summed E-state index contributed by atoms with van der Waals surface area (Å²) in [6, 6.07) is 17.4. The first-order valence-corrected chi connectivity index (χ1v) is 12.9. The summed E-state index contributed by atoms with van der Waals surface area (Å²) in [6.07, 6.45) is 1.87. The highest BCUT2D eigenvalue weighted by Gasteiger charge is 2.40. The van der Waals surface area contributed by atoms with Crippen LogP contribution in [0.1, 0.15) is 37.3 Å². The van der Waals surface area contributed by atoms with Gasteiger partial charge in [0.15, 0.2) is 0 Å². The van der Waals surface area contributed by atoms with E-state index in [9.17, 15) is 14.9 Å². The maximum atomic E-state index is 13.2. The zero-order valence-electron chi connectivity index (χ0n) is 19.7. The van der Waals surface area contributed by atoms with Gasteiger partial charge in [0.25, 0.3) is 0 Å². The second-order valence-electron chi connectivity index (χ2n) is 8.34. The van der Waals surface area contributed by atoms with Gasteiger partial charge in [-0.15, -0.1) is 0 Å². The van der Waals surface area contributed by atoms with E-state index in [1.165, 1.54) is 17.3 Å². The Kier molecular flexibility index (Phi) is 7.94. The van der Waals surface area contributed by atoms with E-state index in [1.54, 1.807) is 26.0 Å². The SMILES string of the molecule is CCOC(=O)C1=C(C)N=C(SCC(=O)N2CCCc3ccccc32)C(C#N)[C@H]1c1ccccc1Cl. The van der Waals surface area contributed by atoms with Crippen molar-refractivity contribution in [1.29, 1.82) is 5.26 Å². The lowest BCUT2D eigenvalue weighted by atomic mass is 9.79. The van der Waals surface area contributed by atoms with Gasteiger partial charge in [-0.3, -0.25) is 4.79 Å². The van der Waals surface area contributed by atoms with Crippen molar-refractivity contribution < 1.29 is 14.3 Å². The molecule has 0 spiro atoms. The summed E-state index contributed by atoms with van der Waals surface area (Å²) in [5, 5.41) is 11.1. The standard InChI is InChI=1S/C27H26ClN3O3S/c1-3-34-27(33)24-17(2)30-26(20(15-29)25(24)19-11-5-6-12-21(19)28)35-16-23(32)31-14-8-10-18-9-4-7-13-22(18)31/h4-7,9,11-13,20,25H,3,8,10,14,16H2,1-2H3/t20?,25-/m1/s1. The molecule has 1 unspecified atom stereocenters. The lowest BCUT2D eigenvalue weighted by molar-refractivity contribution is -0.139. The number of nitrogens with zero attached hydrogens (tertiary/aromatic N) is 3. The average molecular weight is 508 g/mol. The first-order valence-electron chi connectivity index (χ1n) is 11.6. The number of hydrogen-bond acceptors (Lipinski definition) is 6. The normalized spacial score (nSPS) is 19.5. The van der Waals surface area contributed by atoms with Crippen LogP contribution < -0.4 is 4.90 Å². The number of rotatable bonds is 5. The summed E-state index contributed by atoms with van der Waals surface area (Å²) in [6.45, 7) is 4.34. The summed E-state index contributed by atoms with van der Waals surface area (Å²) >= 11 is 7.76. The van der Waals surface area contributed by atoms with Crippen LogP contribution in [0.5, 0.6) is 0 Å². The third-order valence-corrected chi connectivity index (χ3v) is 7.58. The number of benzene rings is 2. The van der Waals surface area contributed by atoms with Gasteiger partial charge in [0.2, 0.25) is 5.91 Å². The van der Waals surface area contributed by atoms with Crippen molar-refractivity contribution in [3.8, 4) is 6.07 Å². The number of esters is 1. The van der Waals surface area contributed by atoms with Crippen molar-refractivity contribution in [1.82, 2.24) is 0 Å². The molecule has 8 heteroatoms. The molecule has 0 fully saturated rings. The number of thioether (sulfide) groups is 1. The molecule has 2 aromatic carbocycles. The van der Waals surface area contributed by atoms with Crippen LogP contribution >= 0.6 is 23.4 Å². The van der Waals surface area contributed by atoms with Crippen molar-refractivity contribution in [2.45, 2.75) is 32.6 Å². The van der Waals surface area contributed by atoms with Gasteiger partial charge in [-0.1, -0.05) is 59.8 Å². The number of hydrogen-bond donors (Lipinski definition) is 0. The predicted molar refractivity (Wildman–Crippen MR) is 140 cm³/mol. The monoisotopic (exact) mass is 507 g/mol. The zero-order chi connectivity index (χ0) is 24.9. The van der Waals surface area contributed by atoms with Gasteiger partial charge in [0.1, 0.15) is 5.92 Å². The molecule has 0 radical (unpaired) electrons. The van der Waals surface area contributed by atoms with Crippen LogP contribution in [0.2, 0.25) is 5.02 Å². The van der Waals surface area contributed by atoms with Crippen LogP contribution in [0.15, 0.2) is 64.8 Å². The molecule has 2 aliphatic heterocycles. The minimum Gasteiger partial charge on any atom is -0.463 e. The van der Waals surface area contributed by atoms with E-state index >= 15 is 0 Å². The molecular formula is C27H26ClN3O3S. The van der Waals surface area contributed by atoms with E-state index in [-0.39, 0.29) is 18.3 Å². The van der Waals surface area contributed by atoms with Gasteiger partial charge in [-0.05, 0) is 49.9 Å². The molecule has 0 bridgehead atoms. The molecule has 35 heavy (non-hydrogen) atoms. The van der Waals surface area contributed by atoms with Crippen molar-refractivity contribution >= 4 is 46.0 Å². The lowest BCUT2D eigenvalue weighted by Gasteiger charge is -2.31. The minimum atomic E-state index is -0.774. The maximum Gasteiger partial charge on any atom is 0.336 e. The van der Waals surface area contributed by atoms with Crippen LogP contribution in [0.25, 0.3) is 0 Å². The Morgan fingerprint density at radius 2 is 1.97 bits per heavy atom. The third kappa shape index (κ3) is 5.14. The fourth-order valence-corrected chi connectivity index (χ4v) is 5.88. The number of aliphatic imine (C=N–C) groups is 1. The molecule has 2 aromatic rings. The molecule has 2 aliphatic rings. The topological polar surface area (TPSA) is 82.8 Å². The largest absolute Gasteiger partial charge is 0.463 e. The maximum absolute atomic E-state index is 13.2. The molecule has 0 aliphatic carbocycles. The van der Waals surface area contributed by atoms with Crippen LogP contribution in [0.4, 0.5) is 5.69 Å². The molecule has 4 rings (SSSR count). The Bertz CT molecular complexity index is 1250. The van der Waals surface area contributed by atoms with Gasteiger partial charge < -0.3 is 9.64 Å². The number of nitriles is 1. The fraction of sp³-hybridized carbons (Fsp3) is 0.333. The number of anilines is 1. The molecule has 180 valence electrons. The second-order valence-corrected chi connectivity index (χ2v) is 9.74. The number of aryl methyl sites for hydroxylation is 1. The van der Waals surface area contributed by atoms with Gasteiger partial charge in [0, 0.05) is 28.9 Å². The summed E-state index contributed by atoms with van der Waals surface area (Å²) < 4.78 is 5.30. The van der Waals surface area contributed by atoms with Crippen molar-refractivity contribution in [2.75, 3.05) is 23.8 Å². The van der Waals surface area contributed by atoms with E-state index in [1.807, 2.05) is 35.2 Å². The van der Waals surface area contributed by atoms with E-state index in [4.69, 9.17) is 16.3 Å². The van der Waals surface area contributed by atoms with Crippen molar-refractivity contribution in [3.63, 3.8) is 0 Å². The number of carbonyl (C=O) groups is 2. The van der Waals surface area contributed by atoms with E-state index in [0.717, 1.165) is 18.5 Å². The predicted octanol–water partition coefficient (Wildman–Crippen LogP) is 5.53. The highest BCUT2D eigenvalue weighted by molar-refractivity contribution is 8.14. The number of carbonyl (C=O) groups excluding carboxylic acids is 2. The van der Waals surface area contributed by atoms with Gasteiger partial charge in [0.05, 0.1) is 29.0 Å². The Balaban J connectivity index is 1.64. The summed E-state index contributed by atoms with van der Waals surface area (Å²) in [5.41, 5.74) is 3.57. The smallest absolute Gasteiger partial charge is 0.336 e. The van der Waals surface area contributed by atoms with Crippen LogP contribution in [0, 0.1) is 17.2 Å². The third-order valence-electron chi connectivity index (χ3n) is 6.21. The number of ether oxygens (including phenoxy) is 1. The first-order chi connectivity index (χ1) is 17.0. The van der Waals surface area contributed by atoms with E-state index in [0.29, 0.717) is 33.4 Å². The number of amides is 1. The molecule has 1 amide bonds. The molecule has 0 N–H and O–H groups in total. The fourth-order valence-electron chi connectivity index (χ4n) is 4.63. The molecule has 0 aromatic heterocycles. The van der Waals surface area contributed by atoms with E-state index < -0.39 is 17.8 Å². The Hall–Kier alpha value is -3.08. The van der Waals surface area contributed by atoms with Gasteiger partial charge in [-0.25, -0.2) is 9.79 Å². The Morgan fingerprint density at radius 3 is 2.71 bits per heavy atom. The molecule has 0 saturated carbocycles. The van der Waals surface area contributed by atoms with Gasteiger partial charge in [-0.2, -0.15) is 5.26 Å². The quantitative estimate of drug-likeness (QED) is 0.497. The minimum absolute atomic E-state index is 0.0337.